The molecule has 0 aromatic heterocycles. The second-order valence-corrected chi connectivity index (χ2v) is 9.22. The number of nitro groups is 1. The van der Waals surface area contributed by atoms with Crippen molar-refractivity contribution in [1.82, 2.24) is 10.2 Å². The number of halogens is 1. The predicted molar refractivity (Wildman–Crippen MR) is 140 cm³/mol. The molecule has 3 atom stereocenters. The zero-order chi connectivity index (χ0) is 26.0. The molecule has 9 nitrogen and oxygen atoms in total. The quantitative estimate of drug-likeness (QED) is 0.305. The number of esters is 1. The zero-order valence-electron chi connectivity index (χ0n) is 20.8. The molecule has 1 saturated heterocycles. The number of aliphatic carboxylic acids is 1. The first kappa shape index (κ1) is 27.9. The third-order valence-electron chi connectivity index (χ3n) is 6.93. The number of hydrogen-bond donors (Lipinski definition) is 2. The summed E-state index contributed by atoms with van der Waals surface area (Å²) in [5.74, 6) is -2.84. The fraction of sp³-hybridized carbons (Fsp3) is 0.333. The molecule has 2 N–H and O–H groups in total. The summed E-state index contributed by atoms with van der Waals surface area (Å²) in [4.78, 5) is 38.9. The maximum absolute atomic E-state index is 13.6. The third-order valence-corrected chi connectivity index (χ3v) is 6.93. The molecule has 0 radical (unpaired) electrons. The molecule has 10 heteroatoms. The molecule has 0 spiro atoms. The molecular weight excluding hydrogens is 498 g/mol. The van der Waals surface area contributed by atoms with Gasteiger partial charge >= 0.3 is 11.9 Å². The SMILES string of the molecule is CC1=C(C(=O)O)[C@H](c2cccc([N+](=O)[O-])c2)C(C(=O)O[C@H]2CCN(Cc3ccccc3)C2C)=C(C)N1.Cl. The molecule has 0 saturated carbocycles. The predicted octanol–water partition coefficient (Wildman–Crippen LogP) is 4.54. The Morgan fingerprint density at radius 1 is 1.11 bits per heavy atom. The van der Waals surface area contributed by atoms with E-state index in [1.165, 1.54) is 23.8 Å². The van der Waals surface area contributed by atoms with E-state index in [1.54, 1.807) is 19.9 Å². The van der Waals surface area contributed by atoms with Crippen LogP contribution in [0.1, 0.15) is 44.2 Å². The number of nitrogens with one attached hydrogen (secondary N) is 1. The monoisotopic (exact) mass is 527 g/mol. The van der Waals surface area contributed by atoms with Crippen molar-refractivity contribution in [1.29, 1.82) is 0 Å². The molecule has 196 valence electrons. The van der Waals surface area contributed by atoms with Crippen LogP contribution in [0.15, 0.2) is 77.1 Å². The van der Waals surface area contributed by atoms with Crippen molar-refractivity contribution in [2.24, 2.45) is 0 Å². The summed E-state index contributed by atoms with van der Waals surface area (Å²) < 4.78 is 5.97. The van der Waals surface area contributed by atoms with E-state index in [9.17, 15) is 24.8 Å². The van der Waals surface area contributed by atoms with Crippen LogP contribution < -0.4 is 5.32 Å². The Bertz CT molecular complexity index is 1260. The highest BCUT2D eigenvalue weighted by Crippen LogP contribution is 2.40. The molecule has 2 heterocycles. The van der Waals surface area contributed by atoms with Crippen LogP contribution in [0.2, 0.25) is 0 Å². The van der Waals surface area contributed by atoms with Gasteiger partial charge in [-0.05, 0) is 38.3 Å². The number of benzene rings is 2. The number of carboxylic acids is 1. The van der Waals surface area contributed by atoms with Crippen LogP contribution in [-0.2, 0) is 20.9 Å². The van der Waals surface area contributed by atoms with Crippen LogP contribution in [0.4, 0.5) is 5.69 Å². The minimum Gasteiger partial charge on any atom is -0.478 e. The van der Waals surface area contributed by atoms with Gasteiger partial charge in [-0.15, -0.1) is 12.4 Å². The molecule has 2 aliphatic rings. The average molecular weight is 528 g/mol. The summed E-state index contributed by atoms with van der Waals surface area (Å²) in [6.45, 7) is 6.81. The van der Waals surface area contributed by atoms with Crippen LogP contribution in [0.3, 0.4) is 0 Å². The van der Waals surface area contributed by atoms with Crippen LogP contribution in [-0.4, -0.2) is 45.6 Å². The first-order chi connectivity index (χ1) is 17.2. The van der Waals surface area contributed by atoms with Gasteiger partial charge < -0.3 is 15.2 Å². The number of carbonyl (C=O) groups excluding carboxylic acids is 1. The van der Waals surface area contributed by atoms with E-state index < -0.39 is 22.8 Å². The van der Waals surface area contributed by atoms with Gasteiger partial charge in [-0.3, -0.25) is 15.0 Å². The third kappa shape index (κ3) is 5.84. The summed E-state index contributed by atoms with van der Waals surface area (Å²) in [6, 6.07) is 15.8. The van der Waals surface area contributed by atoms with Gasteiger partial charge in [0.2, 0.25) is 0 Å². The van der Waals surface area contributed by atoms with Crippen molar-refractivity contribution in [3.63, 3.8) is 0 Å². The van der Waals surface area contributed by atoms with Gasteiger partial charge in [0.25, 0.3) is 5.69 Å². The highest BCUT2D eigenvalue weighted by atomic mass is 35.5. The molecule has 2 aliphatic heterocycles. The molecule has 2 aromatic carbocycles. The van der Waals surface area contributed by atoms with Gasteiger partial charge in [-0.2, -0.15) is 0 Å². The molecule has 1 fully saturated rings. The van der Waals surface area contributed by atoms with E-state index in [0.29, 0.717) is 23.4 Å². The number of allylic oxidation sites excluding steroid dienone is 2. The fourth-order valence-electron chi connectivity index (χ4n) is 5.07. The number of rotatable bonds is 7. The molecule has 0 aliphatic carbocycles. The number of likely N-dealkylation sites (tertiary alicyclic amines) is 1. The molecule has 2 aromatic rings. The minimum atomic E-state index is -1.21. The maximum atomic E-state index is 13.6. The molecule has 0 amide bonds. The number of nitrogens with zero attached hydrogens (tertiary/aromatic N) is 2. The number of ether oxygens (including phenoxy) is 1. The Morgan fingerprint density at radius 3 is 2.43 bits per heavy atom. The Kier molecular flexibility index (Phi) is 8.73. The first-order valence-corrected chi connectivity index (χ1v) is 11.8. The van der Waals surface area contributed by atoms with Crippen molar-refractivity contribution in [2.45, 2.75) is 51.8 Å². The standard InChI is InChI=1S/C27H29N3O6.ClH/c1-16-23(26(31)32)25(20-10-7-11-21(14-20)30(34)35)24(17(2)28-16)27(33)36-22-12-13-29(18(22)3)15-19-8-5-4-6-9-19;/h4-11,14,18,22,25,28H,12-13,15H2,1-3H3,(H,31,32);1H/t18?,22-,25-;/m0./s1. The number of carboxylic acid groups (broad SMARTS) is 1. The van der Waals surface area contributed by atoms with Gasteiger partial charge in [0.15, 0.2) is 0 Å². The van der Waals surface area contributed by atoms with Gasteiger partial charge in [-0.25, -0.2) is 9.59 Å². The van der Waals surface area contributed by atoms with E-state index in [2.05, 4.69) is 22.3 Å². The van der Waals surface area contributed by atoms with Crippen molar-refractivity contribution in [3.05, 3.63) is 98.4 Å². The van der Waals surface area contributed by atoms with Crippen LogP contribution in [0, 0.1) is 10.1 Å². The minimum absolute atomic E-state index is 0. The lowest BCUT2D eigenvalue weighted by atomic mass is 9.80. The second kappa shape index (κ2) is 11.6. The number of dihydropyridines is 1. The van der Waals surface area contributed by atoms with Gasteiger partial charge in [0.1, 0.15) is 6.10 Å². The molecular formula is C27H30ClN3O6. The van der Waals surface area contributed by atoms with Gasteiger partial charge in [0.05, 0.1) is 22.0 Å². The lowest BCUT2D eigenvalue weighted by Crippen LogP contribution is -2.37. The summed E-state index contributed by atoms with van der Waals surface area (Å²) >= 11 is 0. The lowest BCUT2D eigenvalue weighted by Gasteiger charge is -2.31. The fourth-order valence-corrected chi connectivity index (χ4v) is 5.07. The van der Waals surface area contributed by atoms with E-state index in [4.69, 9.17) is 4.74 Å². The smallest absolute Gasteiger partial charge is 0.337 e. The van der Waals surface area contributed by atoms with Crippen molar-refractivity contribution < 1.29 is 24.4 Å². The van der Waals surface area contributed by atoms with Gasteiger partial charge in [0, 0.05) is 42.7 Å². The first-order valence-electron chi connectivity index (χ1n) is 11.8. The summed E-state index contributed by atoms with van der Waals surface area (Å²) in [5.41, 5.74) is 2.27. The summed E-state index contributed by atoms with van der Waals surface area (Å²) in [6.07, 6.45) is 0.286. The number of carbonyl (C=O) groups is 2. The normalized spacial score (nSPS) is 21.8. The Morgan fingerprint density at radius 2 is 1.78 bits per heavy atom. The molecule has 37 heavy (non-hydrogen) atoms. The van der Waals surface area contributed by atoms with Crippen LogP contribution in [0.25, 0.3) is 0 Å². The zero-order valence-corrected chi connectivity index (χ0v) is 21.7. The van der Waals surface area contributed by atoms with E-state index in [-0.39, 0.29) is 41.4 Å². The molecule has 0 bridgehead atoms. The van der Waals surface area contributed by atoms with E-state index >= 15 is 0 Å². The summed E-state index contributed by atoms with van der Waals surface area (Å²) in [5, 5.41) is 24.4. The van der Waals surface area contributed by atoms with E-state index in [1.807, 2.05) is 25.1 Å². The average Bonchev–Trinajstić information content (AvgIpc) is 3.17. The number of nitro benzene ring substituents is 1. The highest BCUT2D eigenvalue weighted by Gasteiger charge is 2.40. The second-order valence-electron chi connectivity index (χ2n) is 9.22. The Balaban J connectivity index is 0.00000380. The Hall–Kier alpha value is -3.69. The molecule has 1 unspecified atom stereocenters. The van der Waals surface area contributed by atoms with Crippen molar-refractivity contribution >= 4 is 30.0 Å². The topological polar surface area (TPSA) is 122 Å². The van der Waals surface area contributed by atoms with Crippen LogP contribution in [0.5, 0.6) is 0 Å². The largest absolute Gasteiger partial charge is 0.478 e. The van der Waals surface area contributed by atoms with Gasteiger partial charge in [-0.1, -0.05) is 42.5 Å². The highest BCUT2D eigenvalue weighted by molar-refractivity contribution is 5.99. The van der Waals surface area contributed by atoms with Crippen molar-refractivity contribution in [3.8, 4) is 0 Å². The van der Waals surface area contributed by atoms with Crippen LogP contribution >= 0.6 is 12.4 Å². The number of non-ortho nitro benzene ring substituents is 1. The number of hydrogen-bond acceptors (Lipinski definition) is 7. The molecule has 4 rings (SSSR count). The van der Waals surface area contributed by atoms with Crippen molar-refractivity contribution in [2.75, 3.05) is 6.54 Å². The Labute approximate surface area is 221 Å². The maximum Gasteiger partial charge on any atom is 0.337 e. The van der Waals surface area contributed by atoms with E-state index in [0.717, 1.165) is 13.1 Å². The summed E-state index contributed by atoms with van der Waals surface area (Å²) in [7, 11) is 0. The lowest BCUT2D eigenvalue weighted by molar-refractivity contribution is -0.384.